The van der Waals surface area contributed by atoms with Crippen LogP contribution in [0.3, 0.4) is 0 Å². The number of hydrogen-bond donors (Lipinski definition) is 3. The van der Waals surface area contributed by atoms with E-state index in [0.717, 1.165) is 0 Å². The molecule has 2 heterocycles. The molecule has 0 aliphatic carbocycles. The van der Waals surface area contributed by atoms with Crippen LogP contribution in [-0.2, 0) is 4.74 Å². The highest BCUT2D eigenvalue weighted by Gasteiger charge is 2.55. The Morgan fingerprint density at radius 2 is 2.30 bits per heavy atom. The van der Waals surface area contributed by atoms with Gasteiger partial charge in [0.05, 0.1) is 18.7 Å². The molecule has 4 atom stereocenters. The number of nitrogens with zero attached hydrogens (tertiary/aromatic N) is 2. The number of anilines is 1. The molecule has 7 nitrogen and oxygen atoms in total. The van der Waals surface area contributed by atoms with Crippen molar-refractivity contribution in [2.75, 3.05) is 18.2 Å². The molecule has 0 bridgehead atoms. The monoisotopic (exact) mass is 311 g/mol. The normalized spacial score (nSPS) is 33.5. The minimum absolute atomic E-state index is 0.415. The second kappa shape index (κ2) is 5.24. The number of alkyl halides is 2. The molecule has 1 aliphatic heterocycles. The summed E-state index contributed by atoms with van der Waals surface area (Å²) in [5.74, 6) is -2.09. The van der Waals surface area contributed by atoms with E-state index in [1.165, 1.54) is 0 Å². The number of nitrogens with two attached hydrogens (primary N) is 1. The van der Waals surface area contributed by atoms with Gasteiger partial charge >= 0.3 is 5.69 Å². The van der Waals surface area contributed by atoms with Crippen LogP contribution in [0.2, 0.25) is 0 Å². The van der Waals surface area contributed by atoms with E-state index in [1.807, 2.05) is 0 Å². The Morgan fingerprint density at radius 1 is 1.65 bits per heavy atom. The summed E-state index contributed by atoms with van der Waals surface area (Å²) >= 11 is 5.57. The van der Waals surface area contributed by atoms with Crippen molar-refractivity contribution >= 4 is 17.4 Å². The standard InChI is InChI=1S/C10H12ClF2N3O4/c11-2-10(3-17)6(18)5(13)8(20-10)16-1-4(12)7(14)15-9(16)19/h1,5-6,8,17-18H,2-3H2,(H2,14,15,19). The second-order valence-electron chi connectivity index (χ2n) is 4.42. The minimum atomic E-state index is -2.09. The molecule has 4 N–H and O–H groups in total. The van der Waals surface area contributed by atoms with Crippen LogP contribution in [0, 0.1) is 5.82 Å². The van der Waals surface area contributed by atoms with E-state index in [4.69, 9.17) is 22.1 Å². The Kier molecular flexibility index (Phi) is 3.96. The Labute approximate surface area is 116 Å². The van der Waals surface area contributed by atoms with Gasteiger partial charge in [0.15, 0.2) is 24.0 Å². The van der Waals surface area contributed by atoms with Gasteiger partial charge < -0.3 is 20.7 Å². The van der Waals surface area contributed by atoms with Crippen LogP contribution in [0.4, 0.5) is 14.6 Å². The number of halogens is 3. The van der Waals surface area contributed by atoms with E-state index in [0.29, 0.717) is 10.8 Å². The van der Waals surface area contributed by atoms with Gasteiger partial charge in [-0.15, -0.1) is 11.6 Å². The Bertz CT molecular complexity index is 566. The van der Waals surface area contributed by atoms with Gasteiger partial charge in [-0.2, -0.15) is 4.98 Å². The van der Waals surface area contributed by atoms with Crippen molar-refractivity contribution in [2.45, 2.75) is 24.1 Å². The number of nitrogen functional groups attached to an aromatic ring is 1. The zero-order valence-corrected chi connectivity index (χ0v) is 10.8. The fraction of sp³-hybridized carbons (Fsp3) is 0.600. The molecule has 0 radical (unpaired) electrons. The van der Waals surface area contributed by atoms with Crippen LogP contribution in [0.1, 0.15) is 6.23 Å². The molecule has 0 saturated carbocycles. The lowest BCUT2D eigenvalue weighted by Gasteiger charge is -2.26. The van der Waals surface area contributed by atoms with E-state index in [9.17, 15) is 23.8 Å². The van der Waals surface area contributed by atoms with Gasteiger partial charge in [-0.25, -0.2) is 13.6 Å². The lowest BCUT2D eigenvalue weighted by atomic mass is 9.99. The third-order valence-electron chi connectivity index (χ3n) is 3.17. The summed E-state index contributed by atoms with van der Waals surface area (Å²) in [6.07, 6.45) is -4.91. The summed E-state index contributed by atoms with van der Waals surface area (Å²) < 4.78 is 33.1. The van der Waals surface area contributed by atoms with E-state index in [2.05, 4.69) is 4.98 Å². The van der Waals surface area contributed by atoms with Gasteiger partial charge in [-0.1, -0.05) is 0 Å². The number of ether oxygens (including phenoxy) is 1. The van der Waals surface area contributed by atoms with Gasteiger partial charge in [0.2, 0.25) is 0 Å². The molecule has 1 fully saturated rings. The first-order valence-corrected chi connectivity index (χ1v) is 6.10. The molecule has 20 heavy (non-hydrogen) atoms. The predicted octanol–water partition coefficient (Wildman–Crippen LogP) is -0.838. The Balaban J connectivity index is 2.45. The van der Waals surface area contributed by atoms with Crippen LogP contribution in [0.15, 0.2) is 11.0 Å². The molecule has 4 unspecified atom stereocenters. The molecule has 10 heteroatoms. The van der Waals surface area contributed by atoms with Crippen molar-refractivity contribution < 1.29 is 23.7 Å². The smallest absolute Gasteiger partial charge is 0.351 e. The first kappa shape index (κ1) is 15.1. The summed E-state index contributed by atoms with van der Waals surface area (Å²) in [5.41, 5.74) is 2.29. The van der Waals surface area contributed by atoms with E-state index in [-0.39, 0.29) is 0 Å². The molecule has 112 valence electrons. The van der Waals surface area contributed by atoms with Gasteiger partial charge in [-0.3, -0.25) is 4.57 Å². The molecular formula is C10H12ClF2N3O4. The number of hydrogen-bond acceptors (Lipinski definition) is 6. The van der Waals surface area contributed by atoms with Crippen LogP contribution in [0.25, 0.3) is 0 Å². The summed E-state index contributed by atoms with van der Waals surface area (Å²) in [6, 6.07) is 0. The third kappa shape index (κ3) is 2.16. The molecule has 1 aromatic rings. The van der Waals surface area contributed by atoms with Crippen molar-refractivity contribution in [3.63, 3.8) is 0 Å². The van der Waals surface area contributed by atoms with Crippen LogP contribution in [0.5, 0.6) is 0 Å². The number of aliphatic hydroxyl groups is 2. The fourth-order valence-corrected chi connectivity index (χ4v) is 2.26. The van der Waals surface area contributed by atoms with E-state index in [1.54, 1.807) is 0 Å². The van der Waals surface area contributed by atoms with Gasteiger partial charge in [0.25, 0.3) is 0 Å². The van der Waals surface area contributed by atoms with Gasteiger partial charge in [-0.05, 0) is 0 Å². The summed E-state index contributed by atoms with van der Waals surface area (Å²) in [6.45, 7) is -0.770. The molecule has 1 aliphatic rings. The lowest BCUT2D eigenvalue weighted by Crippen LogP contribution is -2.47. The highest BCUT2D eigenvalue weighted by atomic mass is 35.5. The van der Waals surface area contributed by atoms with Crippen LogP contribution >= 0.6 is 11.6 Å². The molecule has 0 aromatic carbocycles. The Morgan fingerprint density at radius 3 is 2.80 bits per heavy atom. The van der Waals surface area contributed by atoms with Crippen molar-refractivity contribution in [1.29, 1.82) is 0 Å². The molecule has 0 spiro atoms. The average molecular weight is 312 g/mol. The molecule has 1 saturated heterocycles. The first-order valence-electron chi connectivity index (χ1n) is 5.57. The quantitative estimate of drug-likeness (QED) is 0.628. The average Bonchev–Trinajstić information content (AvgIpc) is 2.68. The number of rotatable bonds is 3. The maximum atomic E-state index is 14.1. The number of aliphatic hydroxyl groups excluding tert-OH is 2. The number of aromatic nitrogens is 2. The molecule has 1 aromatic heterocycles. The summed E-state index contributed by atoms with van der Waals surface area (Å²) in [5, 5.41) is 19.0. The lowest BCUT2D eigenvalue weighted by molar-refractivity contribution is -0.115. The summed E-state index contributed by atoms with van der Waals surface area (Å²) in [7, 11) is 0. The zero-order valence-electron chi connectivity index (χ0n) is 10.0. The van der Waals surface area contributed by atoms with Gasteiger partial charge in [0, 0.05) is 0 Å². The Hall–Kier alpha value is -1.29. The zero-order chi connectivity index (χ0) is 15.1. The maximum absolute atomic E-state index is 14.1. The third-order valence-corrected chi connectivity index (χ3v) is 3.62. The van der Waals surface area contributed by atoms with Crippen molar-refractivity contribution in [3.8, 4) is 0 Å². The van der Waals surface area contributed by atoms with Crippen molar-refractivity contribution in [1.82, 2.24) is 9.55 Å². The first-order chi connectivity index (χ1) is 9.36. The molecule has 2 rings (SSSR count). The fourth-order valence-electron chi connectivity index (χ4n) is 1.96. The van der Waals surface area contributed by atoms with Crippen LogP contribution < -0.4 is 11.4 Å². The largest absolute Gasteiger partial charge is 0.393 e. The van der Waals surface area contributed by atoms with E-state index < -0.39 is 53.9 Å². The predicted molar refractivity (Wildman–Crippen MR) is 64.4 cm³/mol. The van der Waals surface area contributed by atoms with Gasteiger partial charge in [0.1, 0.15) is 11.7 Å². The molecular weight excluding hydrogens is 300 g/mol. The topological polar surface area (TPSA) is 111 Å². The highest BCUT2D eigenvalue weighted by Crippen LogP contribution is 2.39. The second-order valence-corrected chi connectivity index (χ2v) is 4.69. The highest BCUT2D eigenvalue weighted by molar-refractivity contribution is 6.18. The molecule has 0 amide bonds. The summed E-state index contributed by atoms with van der Waals surface area (Å²) in [4.78, 5) is 14.8. The van der Waals surface area contributed by atoms with E-state index >= 15 is 0 Å². The van der Waals surface area contributed by atoms with Crippen LogP contribution in [-0.4, -0.2) is 50.1 Å². The minimum Gasteiger partial charge on any atom is -0.393 e. The van der Waals surface area contributed by atoms with Crippen molar-refractivity contribution in [3.05, 3.63) is 22.5 Å². The maximum Gasteiger partial charge on any atom is 0.351 e. The van der Waals surface area contributed by atoms with Crippen molar-refractivity contribution in [2.24, 2.45) is 0 Å². The SMILES string of the molecule is Nc1nc(=O)n(C2OC(CO)(CCl)C(O)C2F)cc1F.